The van der Waals surface area contributed by atoms with Gasteiger partial charge in [-0.15, -0.1) is 0 Å². The predicted octanol–water partition coefficient (Wildman–Crippen LogP) is 3.04. The zero-order valence-electron chi connectivity index (χ0n) is 9.21. The summed E-state index contributed by atoms with van der Waals surface area (Å²) < 4.78 is 42.6. The zero-order valence-corrected chi connectivity index (χ0v) is 9.21. The molecule has 16 heavy (non-hydrogen) atoms. The summed E-state index contributed by atoms with van der Waals surface area (Å²) in [4.78, 5) is 0.435. The van der Waals surface area contributed by atoms with Gasteiger partial charge in [-0.05, 0) is 6.07 Å². The van der Waals surface area contributed by atoms with Crippen molar-refractivity contribution in [1.29, 1.82) is 0 Å². The molecule has 0 saturated heterocycles. The van der Waals surface area contributed by atoms with Crippen LogP contribution in [-0.2, 0) is 6.54 Å². The van der Waals surface area contributed by atoms with Crippen LogP contribution in [0.4, 0.5) is 13.2 Å². The Balaban J connectivity index is 2.86. The van der Waals surface area contributed by atoms with Gasteiger partial charge in [0.25, 0.3) is 0 Å². The van der Waals surface area contributed by atoms with Crippen molar-refractivity contribution in [2.75, 3.05) is 13.7 Å². The molecule has 0 amide bonds. The first-order chi connectivity index (χ1) is 7.49. The van der Waals surface area contributed by atoms with Gasteiger partial charge in [-0.25, -0.2) is 4.90 Å². The van der Waals surface area contributed by atoms with Gasteiger partial charge in [0, 0.05) is 18.7 Å². The first-order valence-electron chi connectivity index (χ1n) is 4.92. The molecule has 0 bridgehead atoms. The number of ether oxygens (including phenoxy) is 1. The summed E-state index contributed by atoms with van der Waals surface area (Å²) in [6.07, 6.45) is -4.31. The van der Waals surface area contributed by atoms with Crippen LogP contribution < -0.4 is 4.74 Å². The topological polar surface area (TPSA) is 12.5 Å². The number of para-hydroxylation sites is 1. The van der Waals surface area contributed by atoms with Crippen LogP contribution in [0.2, 0.25) is 0 Å². The van der Waals surface area contributed by atoms with Crippen molar-refractivity contribution in [3.05, 3.63) is 29.8 Å². The Kier molecular flexibility index (Phi) is 4.18. The third kappa shape index (κ3) is 3.13. The second-order valence-corrected chi connectivity index (χ2v) is 3.29. The average Bonchev–Trinajstić information content (AvgIpc) is 2.24. The van der Waals surface area contributed by atoms with Crippen molar-refractivity contribution in [2.45, 2.75) is 19.8 Å². The van der Waals surface area contributed by atoms with Gasteiger partial charge in [0.15, 0.2) is 0 Å². The predicted molar refractivity (Wildman–Crippen MR) is 55.1 cm³/mol. The fraction of sp³-hybridized carbons (Fsp3) is 0.455. The Bertz CT molecular complexity index is 338. The van der Waals surface area contributed by atoms with E-state index < -0.39 is 6.30 Å². The molecule has 0 aliphatic heterocycles. The molecule has 0 aliphatic rings. The monoisotopic (exact) mass is 233 g/mol. The first kappa shape index (κ1) is 12.8. The summed E-state index contributed by atoms with van der Waals surface area (Å²) in [6, 6.07) is 6.71. The van der Waals surface area contributed by atoms with E-state index in [0.717, 1.165) is 0 Å². The van der Waals surface area contributed by atoms with Gasteiger partial charge < -0.3 is 4.74 Å². The Hall–Kier alpha value is -1.23. The molecule has 0 N–H and O–H groups in total. The van der Waals surface area contributed by atoms with Crippen molar-refractivity contribution < 1.29 is 17.9 Å². The van der Waals surface area contributed by atoms with Crippen LogP contribution >= 0.6 is 0 Å². The summed E-state index contributed by atoms with van der Waals surface area (Å²) >= 11 is 0. The molecule has 5 heteroatoms. The molecule has 1 rings (SSSR count). The van der Waals surface area contributed by atoms with E-state index in [1.807, 2.05) is 0 Å². The average molecular weight is 233 g/mol. The fourth-order valence-electron chi connectivity index (χ4n) is 1.42. The number of hydrogen-bond donors (Lipinski definition) is 0. The number of hydrogen-bond acceptors (Lipinski definition) is 2. The number of methoxy groups -OCH3 is 1. The van der Waals surface area contributed by atoms with Gasteiger partial charge in [-0.1, -0.05) is 25.1 Å². The van der Waals surface area contributed by atoms with E-state index >= 15 is 0 Å². The highest BCUT2D eigenvalue weighted by atomic mass is 19.4. The third-order valence-electron chi connectivity index (χ3n) is 2.29. The van der Waals surface area contributed by atoms with Crippen molar-refractivity contribution in [2.24, 2.45) is 0 Å². The zero-order chi connectivity index (χ0) is 12.2. The maximum absolute atomic E-state index is 12.5. The molecule has 0 atom stereocenters. The molecule has 1 aromatic rings. The molecule has 0 spiro atoms. The molecular formula is C11H14F3NO. The van der Waals surface area contributed by atoms with Crippen LogP contribution in [0.25, 0.3) is 0 Å². The maximum Gasteiger partial charge on any atom is 0.460 e. The lowest BCUT2D eigenvalue weighted by Gasteiger charge is -2.23. The molecule has 0 aromatic heterocycles. The molecule has 0 unspecified atom stereocenters. The highest BCUT2D eigenvalue weighted by molar-refractivity contribution is 5.33. The first-order valence-corrected chi connectivity index (χ1v) is 4.92. The third-order valence-corrected chi connectivity index (χ3v) is 2.29. The van der Waals surface area contributed by atoms with Crippen molar-refractivity contribution >= 4 is 0 Å². The minimum Gasteiger partial charge on any atom is -0.496 e. The van der Waals surface area contributed by atoms with E-state index in [-0.39, 0.29) is 13.1 Å². The Morgan fingerprint density at radius 2 is 1.88 bits per heavy atom. The van der Waals surface area contributed by atoms with E-state index in [2.05, 4.69) is 0 Å². The Labute approximate surface area is 92.6 Å². The Morgan fingerprint density at radius 1 is 1.25 bits per heavy atom. The number of rotatable bonds is 4. The summed E-state index contributed by atoms with van der Waals surface area (Å²) in [7, 11) is 1.45. The lowest BCUT2D eigenvalue weighted by atomic mass is 10.2. The second kappa shape index (κ2) is 5.21. The van der Waals surface area contributed by atoms with Gasteiger partial charge >= 0.3 is 6.30 Å². The van der Waals surface area contributed by atoms with Gasteiger partial charge in [0.05, 0.1) is 7.11 Å². The van der Waals surface area contributed by atoms with Crippen LogP contribution in [0.5, 0.6) is 5.75 Å². The van der Waals surface area contributed by atoms with Gasteiger partial charge in [0.2, 0.25) is 0 Å². The highest BCUT2D eigenvalue weighted by Gasteiger charge is 2.36. The van der Waals surface area contributed by atoms with Gasteiger partial charge in [-0.2, -0.15) is 13.2 Å². The highest BCUT2D eigenvalue weighted by Crippen LogP contribution is 2.26. The van der Waals surface area contributed by atoms with Crippen LogP contribution in [0.1, 0.15) is 12.5 Å². The molecule has 0 aliphatic carbocycles. The number of benzene rings is 1. The van der Waals surface area contributed by atoms with E-state index in [0.29, 0.717) is 16.2 Å². The molecule has 0 saturated carbocycles. The second-order valence-electron chi connectivity index (χ2n) is 3.29. The van der Waals surface area contributed by atoms with E-state index in [4.69, 9.17) is 4.74 Å². The van der Waals surface area contributed by atoms with E-state index in [1.54, 1.807) is 24.3 Å². The standard InChI is InChI=1S/C11H14F3NO/c1-3-15(11(12,13)14)8-9-6-4-5-7-10(9)16-2/h4-7H,3,8H2,1-2H3. The van der Waals surface area contributed by atoms with Crippen LogP contribution in [0, 0.1) is 0 Å². The number of halogens is 3. The molecule has 0 radical (unpaired) electrons. The molecule has 90 valence electrons. The summed E-state index contributed by atoms with van der Waals surface area (Å²) in [5, 5.41) is 0. The molecular weight excluding hydrogens is 219 g/mol. The molecule has 1 aromatic carbocycles. The molecule has 0 fully saturated rings. The molecule has 2 nitrogen and oxygen atoms in total. The minimum absolute atomic E-state index is 0.0818. The van der Waals surface area contributed by atoms with Crippen LogP contribution in [0.3, 0.4) is 0 Å². The number of alkyl halides is 3. The minimum atomic E-state index is -4.31. The fourth-order valence-corrected chi connectivity index (χ4v) is 1.42. The largest absolute Gasteiger partial charge is 0.496 e. The lowest BCUT2D eigenvalue weighted by Crippen LogP contribution is -2.37. The van der Waals surface area contributed by atoms with Gasteiger partial charge in [0.1, 0.15) is 5.75 Å². The summed E-state index contributed by atoms with van der Waals surface area (Å²) in [5.41, 5.74) is 0.532. The lowest BCUT2D eigenvalue weighted by molar-refractivity contribution is -0.247. The number of nitrogens with zero attached hydrogens (tertiary/aromatic N) is 1. The normalized spacial score (nSPS) is 11.9. The van der Waals surface area contributed by atoms with Crippen molar-refractivity contribution in [3.63, 3.8) is 0 Å². The smallest absolute Gasteiger partial charge is 0.460 e. The maximum atomic E-state index is 12.5. The van der Waals surface area contributed by atoms with Crippen molar-refractivity contribution in [1.82, 2.24) is 4.90 Å². The SMILES string of the molecule is CCN(Cc1ccccc1OC)C(F)(F)F. The summed E-state index contributed by atoms with van der Waals surface area (Å²) in [6.45, 7) is 1.20. The van der Waals surface area contributed by atoms with Crippen LogP contribution in [-0.4, -0.2) is 24.9 Å². The quantitative estimate of drug-likeness (QED) is 0.741. The van der Waals surface area contributed by atoms with E-state index in [9.17, 15) is 13.2 Å². The Morgan fingerprint density at radius 3 is 2.38 bits per heavy atom. The molecule has 0 heterocycles. The summed E-state index contributed by atoms with van der Waals surface area (Å²) in [5.74, 6) is 0.477. The van der Waals surface area contributed by atoms with E-state index in [1.165, 1.54) is 14.0 Å². The van der Waals surface area contributed by atoms with Crippen molar-refractivity contribution in [3.8, 4) is 5.75 Å². The van der Waals surface area contributed by atoms with Crippen LogP contribution in [0.15, 0.2) is 24.3 Å². The van der Waals surface area contributed by atoms with Gasteiger partial charge in [-0.3, -0.25) is 0 Å².